The zero-order valence-corrected chi connectivity index (χ0v) is 14.8. The Labute approximate surface area is 153 Å². The first-order valence-corrected chi connectivity index (χ1v) is 9.34. The van der Waals surface area contributed by atoms with Crippen molar-refractivity contribution in [1.82, 2.24) is 4.98 Å². The number of hydrogen-bond acceptors (Lipinski definition) is 3. The number of nitrogens with zero attached hydrogens (tertiary/aromatic N) is 2. The van der Waals surface area contributed by atoms with Crippen molar-refractivity contribution in [3.63, 3.8) is 0 Å². The fraction of sp³-hybridized carbons (Fsp3) is 0.381. The third-order valence-electron chi connectivity index (χ3n) is 5.05. The maximum absolute atomic E-state index is 12.4. The van der Waals surface area contributed by atoms with Gasteiger partial charge < -0.3 is 10.2 Å². The summed E-state index contributed by atoms with van der Waals surface area (Å²) in [7, 11) is 0. The molecule has 5 nitrogen and oxygen atoms in total. The number of aromatic nitrogens is 1. The molecule has 2 aromatic rings. The van der Waals surface area contributed by atoms with Gasteiger partial charge in [-0.05, 0) is 61.4 Å². The second kappa shape index (κ2) is 7.28. The van der Waals surface area contributed by atoms with Crippen LogP contribution in [0, 0.1) is 5.92 Å². The second-order valence-corrected chi connectivity index (χ2v) is 7.12. The number of fused-ring (bicyclic) bond motifs is 1. The topological polar surface area (TPSA) is 62.3 Å². The molecule has 1 saturated carbocycles. The van der Waals surface area contributed by atoms with Crippen molar-refractivity contribution in [2.75, 3.05) is 16.8 Å². The maximum Gasteiger partial charge on any atom is 0.230 e. The van der Waals surface area contributed by atoms with Gasteiger partial charge in [0, 0.05) is 42.7 Å². The number of carbonyl (C=O) groups is 2. The van der Waals surface area contributed by atoms with Crippen LogP contribution >= 0.6 is 0 Å². The molecule has 2 heterocycles. The monoisotopic (exact) mass is 349 g/mol. The van der Waals surface area contributed by atoms with Crippen molar-refractivity contribution in [2.24, 2.45) is 5.92 Å². The van der Waals surface area contributed by atoms with E-state index in [4.69, 9.17) is 0 Å². The van der Waals surface area contributed by atoms with Gasteiger partial charge in [-0.25, -0.2) is 0 Å². The average Bonchev–Trinajstić information content (AvgIpc) is 3.42. The summed E-state index contributed by atoms with van der Waals surface area (Å²) in [6.07, 6.45) is 8.61. The Morgan fingerprint density at radius 3 is 2.88 bits per heavy atom. The number of nitrogens with one attached hydrogen (secondary N) is 1. The number of amides is 2. The highest BCUT2D eigenvalue weighted by atomic mass is 16.2. The Hall–Kier alpha value is -2.69. The Morgan fingerprint density at radius 1 is 1.23 bits per heavy atom. The highest BCUT2D eigenvalue weighted by Crippen LogP contribution is 2.37. The summed E-state index contributed by atoms with van der Waals surface area (Å²) in [6, 6.07) is 9.84. The number of anilines is 2. The van der Waals surface area contributed by atoms with Crippen LogP contribution in [-0.2, 0) is 22.4 Å². The fourth-order valence-corrected chi connectivity index (χ4v) is 3.46. The lowest BCUT2D eigenvalue weighted by atomic mass is 10.1. The Balaban J connectivity index is 1.34. The van der Waals surface area contributed by atoms with Gasteiger partial charge in [0.05, 0.1) is 0 Å². The van der Waals surface area contributed by atoms with Crippen molar-refractivity contribution in [3.8, 4) is 0 Å². The number of carbonyl (C=O) groups excluding carboxylic acids is 2. The molecule has 1 aromatic carbocycles. The van der Waals surface area contributed by atoms with E-state index in [1.807, 2.05) is 41.4 Å². The zero-order chi connectivity index (χ0) is 17.9. The Kier molecular flexibility index (Phi) is 4.69. The smallest absolute Gasteiger partial charge is 0.230 e. The van der Waals surface area contributed by atoms with Gasteiger partial charge in [-0.3, -0.25) is 14.6 Å². The van der Waals surface area contributed by atoms with Crippen molar-refractivity contribution < 1.29 is 9.59 Å². The normalized spacial score (nSPS) is 15.6. The minimum absolute atomic E-state index is 0.00640. The molecule has 5 heteroatoms. The van der Waals surface area contributed by atoms with E-state index in [0.717, 1.165) is 55.6 Å². The first-order valence-electron chi connectivity index (χ1n) is 9.34. The molecule has 1 fully saturated rings. The standard InChI is InChI=1S/C21H23N3O2/c25-20(5-1-3-15-4-2-11-22-14-15)23-18-9-8-16-10-12-24(19(16)13-18)21(26)17-6-7-17/h2,4,8-9,11,13-14,17H,1,3,5-7,10,12H2,(H,23,25). The third-order valence-corrected chi connectivity index (χ3v) is 5.05. The van der Waals surface area contributed by atoms with Crippen LogP contribution in [-0.4, -0.2) is 23.3 Å². The lowest BCUT2D eigenvalue weighted by molar-refractivity contribution is -0.119. The summed E-state index contributed by atoms with van der Waals surface area (Å²) in [5.74, 6) is 0.460. The van der Waals surface area contributed by atoms with E-state index < -0.39 is 0 Å². The molecule has 0 spiro atoms. The second-order valence-electron chi connectivity index (χ2n) is 7.12. The van der Waals surface area contributed by atoms with Crippen LogP contribution in [0.4, 0.5) is 11.4 Å². The average molecular weight is 349 g/mol. The molecule has 1 aliphatic carbocycles. The molecule has 0 saturated heterocycles. The molecule has 4 rings (SSSR count). The number of rotatable bonds is 6. The lowest BCUT2D eigenvalue weighted by Crippen LogP contribution is -2.30. The van der Waals surface area contributed by atoms with Gasteiger partial charge in [0.25, 0.3) is 0 Å². The molecule has 134 valence electrons. The van der Waals surface area contributed by atoms with Crippen LogP contribution in [0.15, 0.2) is 42.7 Å². The first-order chi connectivity index (χ1) is 12.7. The molecular formula is C21H23N3O2. The minimum Gasteiger partial charge on any atom is -0.326 e. The van der Waals surface area contributed by atoms with Gasteiger partial charge >= 0.3 is 0 Å². The van der Waals surface area contributed by atoms with E-state index >= 15 is 0 Å². The van der Waals surface area contributed by atoms with Crippen LogP contribution in [0.3, 0.4) is 0 Å². The predicted molar refractivity (Wildman–Crippen MR) is 101 cm³/mol. The van der Waals surface area contributed by atoms with Gasteiger partial charge in [0.1, 0.15) is 0 Å². The number of benzene rings is 1. The van der Waals surface area contributed by atoms with E-state index in [-0.39, 0.29) is 17.7 Å². The minimum atomic E-state index is 0.00640. The van der Waals surface area contributed by atoms with Crippen LogP contribution in [0.25, 0.3) is 0 Å². The summed E-state index contributed by atoms with van der Waals surface area (Å²) in [6.45, 7) is 0.757. The van der Waals surface area contributed by atoms with Crippen molar-refractivity contribution in [2.45, 2.75) is 38.5 Å². The number of hydrogen-bond donors (Lipinski definition) is 1. The Bertz CT molecular complexity index is 815. The van der Waals surface area contributed by atoms with Crippen molar-refractivity contribution in [3.05, 3.63) is 53.9 Å². The van der Waals surface area contributed by atoms with Crippen LogP contribution < -0.4 is 10.2 Å². The summed E-state index contributed by atoms with van der Waals surface area (Å²) >= 11 is 0. The van der Waals surface area contributed by atoms with Crippen molar-refractivity contribution >= 4 is 23.2 Å². The summed E-state index contributed by atoms with van der Waals surface area (Å²) in [4.78, 5) is 30.6. The zero-order valence-electron chi connectivity index (χ0n) is 14.8. The van der Waals surface area contributed by atoms with Crippen molar-refractivity contribution in [1.29, 1.82) is 0 Å². The highest BCUT2D eigenvalue weighted by molar-refractivity contribution is 5.99. The van der Waals surface area contributed by atoms with Gasteiger partial charge in [-0.15, -0.1) is 0 Å². The molecule has 26 heavy (non-hydrogen) atoms. The van der Waals surface area contributed by atoms with E-state index in [1.165, 1.54) is 5.56 Å². The third kappa shape index (κ3) is 3.77. The number of pyridine rings is 1. The molecule has 2 aliphatic rings. The largest absolute Gasteiger partial charge is 0.326 e. The SMILES string of the molecule is O=C(CCCc1cccnc1)Nc1ccc2c(c1)N(C(=O)C1CC1)CC2. The lowest BCUT2D eigenvalue weighted by Gasteiger charge is -2.18. The predicted octanol–water partition coefficient (Wildman–Crippen LogP) is 3.34. The van der Waals surface area contributed by atoms with E-state index in [9.17, 15) is 9.59 Å². The summed E-state index contributed by atoms with van der Waals surface area (Å²) in [5.41, 5.74) is 4.07. The molecule has 0 unspecified atom stereocenters. The Morgan fingerprint density at radius 2 is 2.12 bits per heavy atom. The number of aryl methyl sites for hydroxylation is 1. The quantitative estimate of drug-likeness (QED) is 0.870. The summed E-state index contributed by atoms with van der Waals surface area (Å²) < 4.78 is 0. The van der Waals surface area contributed by atoms with E-state index in [2.05, 4.69) is 10.3 Å². The molecule has 1 aliphatic heterocycles. The van der Waals surface area contributed by atoms with Gasteiger partial charge in [0.15, 0.2) is 0 Å². The van der Waals surface area contributed by atoms with Gasteiger partial charge in [-0.1, -0.05) is 12.1 Å². The van der Waals surface area contributed by atoms with Gasteiger partial charge in [0.2, 0.25) is 11.8 Å². The van der Waals surface area contributed by atoms with E-state index in [0.29, 0.717) is 6.42 Å². The fourth-order valence-electron chi connectivity index (χ4n) is 3.46. The van der Waals surface area contributed by atoms with Crippen LogP contribution in [0.2, 0.25) is 0 Å². The molecular weight excluding hydrogens is 326 g/mol. The highest BCUT2D eigenvalue weighted by Gasteiger charge is 2.36. The molecule has 2 amide bonds. The molecule has 1 aromatic heterocycles. The van der Waals surface area contributed by atoms with Crippen LogP contribution in [0.5, 0.6) is 0 Å². The molecule has 0 radical (unpaired) electrons. The maximum atomic E-state index is 12.4. The molecule has 0 bridgehead atoms. The van der Waals surface area contributed by atoms with E-state index in [1.54, 1.807) is 6.20 Å². The first kappa shape index (κ1) is 16.8. The summed E-state index contributed by atoms with van der Waals surface area (Å²) in [5, 5.41) is 2.97. The molecule has 0 atom stereocenters. The van der Waals surface area contributed by atoms with Crippen LogP contribution in [0.1, 0.15) is 36.8 Å². The van der Waals surface area contributed by atoms with Gasteiger partial charge in [-0.2, -0.15) is 0 Å². The molecule has 1 N–H and O–H groups in total.